The number of hydrogen-bond donors (Lipinski definition) is 1. The second kappa shape index (κ2) is 8.16. The maximum Gasteiger partial charge on any atom is 0.336 e. The Labute approximate surface area is 205 Å². The van der Waals surface area contributed by atoms with Crippen molar-refractivity contribution in [2.45, 2.75) is 25.9 Å². The van der Waals surface area contributed by atoms with E-state index in [1.165, 1.54) is 32.4 Å². The number of rotatable bonds is 4. The SMILES string of the molecule is COc1cc(OC)c2c(c1Cl)OC1(C(=O)C=C(Nc3ccc4c(C)cc(=O)oc4c3)CC1C)C2=O. The van der Waals surface area contributed by atoms with Crippen LogP contribution in [-0.2, 0) is 4.79 Å². The number of allylic oxidation sites excluding steroid dienone is 1. The highest BCUT2D eigenvalue weighted by molar-refractivity contribution is 6.36. The molecule has 9 heteroatoms. The Hall–Kier alpha value is -3.78. The molecule has 1 aromatic heterocycles. The third kappa shape index (κ3) is 3.39. The molecule has 1 spiro atoms. The summed E-state index contributed by atoms with van der Waals surface area (Å²) in [7, 11) is 2.86. The highest BCUT2D eigenvalue weighted by Gasteiger charge is 2.60. The molecule has 8 nitrogen and oxygen atoms in total. The number of ketones is 2. The number of carbonyl (C=O) groups is 2. The number of methoxy groups -OCH3 is 2. The fraction of sp³-hybridized carbons (Fsp3) is 0.269. The van der Waals surface area contributed by atoms with Crippen molar-refractivity contribution in [1.82, 2.24) is 0 Å². The van der Waals surface area contributed by atoms with Crippen LogP contribution < -0.4 is 25.2 Å². The first-order valence-corrected chi connectivity index (χ1v) is 11.3. The summed E-state index contributed by atoms with van der Waals surface area (Å²) >= 11 is 6.42. The van der Waals surface area contributed by atoms with E-state index in [-0.39, 0.29) is 27.8 Å². The van der Waals surface area contributed by atoms with E-state index in [4.69, 9.17) is 30.2 Å². The van der Waals surface area contributed by atoms with Crippen LogP contribution >= 0.6 is 11.6 Å². The van der Waals surface area contributed by atoms with E-state index in [2.05, 4.69) is 5.32 Å². The van der Waals surface area contributed by atoms with Gasteiger partial charge < -0.3 is 23.9 Å². The van der Waals surface area contributed by atoms with Gasteiger partial charge in [0.2, 0.25) is 17.2 Å². The number of ether oxygens (including phenoxy) is 3. The molecule has 1 aliphatic heterocycles. The lowest BCUT2D eigenvalue weighted by Gasteiger charge is -2.35. The maximum absolute atomic E-state index is 13.6. The van der Waals surface area contributed by atoms with Gasteiger partial charge >= 0.3 is 5.63 Å². The summed E-state index contributed by atoms with van der Waals surface area (Å²) in [4.78, 5) is 38.8. The summed E-state index contributed by atoms with van der Waals surface area (Å²) in [6.07, 6.45) is 1.72. The number of nitrogens with one attached hydrogen (secondary N) is 1. The normalized spacial score (nSPS) is 21.1. The number of anilines is 1. The van der Waals surface area contributed by atoms with Crippen molar-refractivity contribution in [3.63, 3.8) is 0 Å². The van der Waals surface area contributed by atoms with E-state index in [1.807, 2.05) is 19.1 Å². The molecule has 0 amide bonds. The Morgan fingerprint density at radius 2 is 1.83 bits per heavy atom. The van der Waals surface area contributed by atoms with Crippen molar-refractivity contribution in [3.8, 4) is 17.2 Å². The topological polar surface area (TPSA) is 104 Å². The summed E-state index contributed by atoms with van der Waals surface area (Å²) in [5.74, 6) is -0.930. The Bertz CT molecular complexity index is 1510. The molecule has 1 aliphatic carbocycles. The van der Waals surface area contributed by atoms with Gasteiger partial charge in [-0.1, -0.05) is 18.5 Å². The first kappa shape index (κ1) is 23.0. The molecule has 2 aromatic carbocycles. The summed E-state index contributed by atoms with van der Waals surface area (Å²) in [6.45, 7) is 3.61. The van der Waals surface area contributed by atoms with Crippen LogP contribution in [0.15, 0.2) is 51.3 Å². The maximum atomic E-state index is 13.6. The summed E-state index contributed by atoms with van der Waals surface area (Å²) in [6, 6.07) is 8.32. The smallest absolute Gasteiger partial charge is 0.336 e. The van der Waals surface area contributed by atoms with Gasteiger partial charge in [0.1, 0.15) is 27.7 Å². The minimum atomic E-state index is -1.75. The first-order chi connectivity index (χ1) is 16.7. The fourth-order valence-electron chi connectivity index (χ4n) is 4.80. The van der Waals surface area contributed by atoms with Crippen LogP contribution in [0.25, 0.3) is 11.0 Å². The van der Waals surface area contributed by atoms with Crippen LogP contribution in [0.1, 0.15) is 29.3 Å². The van der Waals surface area contributed by atoms with Crippen molar-refractivity contribution in [2.24, 2.45) is 5.92 Å². The van der Waals surface area contributed by atoms with E-state index in [9.17, 15) is 14.4 Å². The molecule has 0 radical (unpaired) electrons. The minimum absolute atomic E-state index is 0.0813. The van der Waals surface area contributed by atoms with Gasteiger partial charge in [-0.2, -0.15) is 0 Å². The molecule has 2 aliphatic rings. The zero-order chi connectivity index (χ0) is 25.1. The average Bonchev–Trinajstić information content (AvgIpc) is 3.12. The molecule has 3 aromatic rings. The molecule has 1 N–H and O–H groups in total. The number of aryl methyl sites for hydroxylation is 1. The van der Waals surface area contributed by atoms with E-state index in [1.54, 1.807) is 13.0 Å². The monoisotopic (exact) mass is 495 g/mol. The van der Waals surface area contributed by atoms with Crippen LogP contribution in [0.4, 0.5) is 5.69 Å². The van der Waals surface area contributed by atoms with Gasteiger partial charge in [0.25, 0.3) is 0 Å². The lowest BCUT2D eigenvalue weighted by Crippen LogP contribution is -2.55. The molecule has 2 atom stereocenters. The zero-order valence-corrected chi connectivity index (χ0v) is 20.2. The zero-order valence-electron chi connectivity index (χ0n) is 19.5. The standard InChI is InChI=1S/C26H22ClNO7/c1-12-7-21(30)34-17-9-14(5-6-16(12)17)28-15-8-13(2)26(20(29)10-15)25(31)22-18(32-3)11-19(33-4)23(27)24(22)35-26/h5-7,9-11,13,28H,8H2,1-4H3. The lowest BCUT2D eigenvalue weighted by molar-refractivity contribution is -0.129. The van der Waals surface area contributed by atoms with Crippen molar-refractivity contribution >= 4 is 39.8 Å². The number of carbonyl (C=O) groups excluding carboxylic acids is 2. The number of Topliss-reactive ketones (excluding diaryl/α,β-unsaturated/α-hetero) is 1. The third-order valence-corrected chi connectivity index (χ3v) is 6.92. The van der Waals surface area contributed by atoms with Crippen molar-refractivity contribution in [3.05, 3.63) is 68.7 Å². The summed E-state index contributed by atoms with van der Waals surface area (Å²) in [5.41, 5.74) is 0.445. The third-order valence-electron chi connectivity index (χ3n) is 6.57. The van der Waals surface area contributed by atoms with Gasteiger partial charge in [-0.05, 0) is 31.0 Å². The second-order valence-electron chi connectivity index (χ2n) is 8.69. The molecule has 0 saturated carbocycles. The lowest BCUT2D eigenvalue weighted by atomic mass is 9.74. The van der Waals surface area contributed by atoms with Crippen molar-refractivity contribution < 1.29 is 28.2 Å². The van der Waals surface area contributed by atoms with Gasteiger partial charge in [0, 0.05) is 47.0 Å². The molecule has 0 fully saturated rings. The van der Waals surface area contributed by atoms with Crippen LogP contribution in [0.3, 0.4) is 0 Å². The highest BCUT2D eigenvalue weighted by Crippen LogP contribution is 2.53. The summed E-state index contributed by atoms with van der Waals surface area (Å²) in [5, 5.41) is 4.13. The van der Waals surface area contributed by atoms with Crippen LogP contribution in [0, 0.1) is 12.8 Å². The Morgan fingerprint density at radius 1 is 1.09 bits per heavy atom. The highest BCUT2D eigenvalue weighted by atomic mass is 35.5. The Morgan fingerprint density at radius 3 is 2.51 bits per heavy atom. The van der Waals surface area contributed by atoms with Crippen LogP contribution in [0.5, 0.6) is 17.2 Å². The minimum Gasteiger partial charge on any atom is -0.496 e. The average molecular weight is 496 g/mol. The van der Waals surface area contributed by atoms with E-state index >= 15 is 0 Å². The van der Waals surface area contributed by atoms with E-state index in [0.717, 1.165) is 10.9 Å². The number of fused-ring (bicyclic) bond motifs is 2. The molecule has 0 bridgehead atoms. The first-order valence-electron chi connectivity index (χ1n) is 10.9. The predicted molar refractivity (Wildman–Crippen MR) is 130 cm³/mol. The molecular formula is C26H22ClNO7. The largest absolute Gasteiger partial charge is 0.496 e. The molecule has 180 valence electrons. The van der Waals surface area contributed by atoms with E-state index in [0.29, 0.717) is 23.4 Å². The summed E-state index contributed by atoms with van der Waals surface area (Å²) < 4.78 is 22.0. The molecule has 5 rings (SSSR count). The van der Waals surface area contributed by atoms with Crippen molar-refractivity contribution in [1.29, 1.82) is 0 Å². The number of hydrogen-bond acceptors (Lipinski definition) is 8. The molecular weight excluding hydrogens is 474 g/mol. The quantitative estimate of drug-likeness (QED) is 0.410. The van der Waals surface area contributed by atoms with Gasteiger partial charge in [-0.25, -0.2) is 4.79 Å². The van der Waals surface area contributed by atoms with E-state index < -0.39 is 28.7 Å². The van der Waals surface area contributed by atoms with Gasteiger partial charge in [-0.3, -0.25) is 9.59 Å². The number of halogens is 1. The molecule has 2 unspecified atom stereocenters. The van der Waals surface area contributed by atoms with Crippen molar-refractivity contribution in [2.75, 3.05) is 19.5 Å². The Balaban J connectivity index is 1.50. The fourth-order valence-corrected chi connectivity index (χ4v) is 5.07. The van der Waals surface area contributed by atoms with Crippen LogP contribution in [0.2, 0.25) is 5.02 Å². The van der Waals surface area contributed by atoms with Gasteiger partial charge in [0.15, 0.2) is 5.75 Å². The van der Waals surface area contributed by atoms with Gasteiger partial charge in [-0.15, -0.1) is 0 Å². The Kier molecular flexibility index (Phi) is 5.36. The van der Waals surface area contributed by atoms with Crippen LogP contribution in [-0.4, -0.2) is 31.4 Å². The second-order valence-corrected chi connectivity index (χ2v) is 9.07. The number of benzene rings is 2. The molecule has 35 heavy (non-hydrogen) atoms. The molecule has 0 saturated heterocycles. The molecule has 2 heterocycles. The van der Waals surface area contributed by atoms with Gasteiger partial charge in [0.05, 0.1) is 14.2 Å². The predicted octanol–water partition coefficient (Wildman–Crippen LogP) is 4.69.